The average Bonchev–Trinajstić information content (AvgIpc) is 3.12. The summed E-state index contributed by atoms with van der Waals surface area (Å²) in [6.45, 7) is 7.06. The normalized spacial score (nSPS) is 11.4. The number of methoxy groups -OCH3 is 1. The van der Waals surface area contributed by atoms with Crippen molar-refractivity contribution >= 4 is 5.96 Å². The van der Waals surface area contributed by atoms with E-state index < -0.39 is 0 Å². The minimum Gasteiger partial charge on any atom is -0.491 e. The number of hydrogen-bond donors (Lipinski definition) is 2. The van der Waals surface area contributed by atoms with E-state index in [1.54, 1.807) is 13.4 Å². The molecule has 1 heterocycles. The van der Waals surface area contributed by atoms with E-state index >= 15 is 0 Å². The zero-order valence-corrected chi connectivity index (χ0v) is 15.2. The summed E-state index contributed by atoms with van der Waals surface area (Å²) >= 11 is 0. The quantitative estimate of drug-likeness (QED) is 0.415. The van der Waals surface area contributed by atoms with Gasteiger partial charge in [0.2, 0.25) is 0 Å². The number of nitrogens with zero attached hydrogens (tertiary/aromatic N) is 1. The van der Waals surface area contributed by atoms with Crippen LogP contribution >= 0.6 is 0 Å². The molecule has 25 heavy (non-hydrogen) atoms. The fraction of sp³-hybridized carbons (Fsp3) is 0.421. The van der Waals surface area contributed by atoms with E-state index in [0.717, 1.165) is 35.1 Å². The van der Waals surface area contributed by atoms with Crippen LogP contribution in [0.3, 0.4) is 0 Å². The van der Waals surface area contributed by atoms with Gasteiger partial charge in [0.15, 0.2) is 5.96 Å². The maximum atomic E-state index is 5.82. The number of guanidine groups is 1. The van der Waals surface area contributed by atoms with E-state index in [1.165, 1.54) is 0 Å². The first-order valence-corrected chi connectivity index (χ1v) is 8.48. The molecule has 0 fully saturated rings. The van der Waals surface area contributed by atoms with E-state index in [2.05, 4.69) is 27.8 Å². The topological polar surface area (TPSA) is 68.0 Å². The number of rotatable bonds is 9. The Morgan fingerprint density at radius 3 is 2.80 bits per heavy atom. The largest absolute Gasteiger partial charge is 0.491 e. The van der Waals surface area contributed by atoms with Gasteiger partial charge in [0.1, 0.15) is 18.1 Å². The molecular weight excluding hydrogens is 318 g/mol. The van der Waals surface area contributed by atoms with Gasteiger partial charge in [-0.15, -0.1) is 0 Å². The Kier molecular flexibility index (Phi) is 7.85. The molecule has 0 saturated heterocycles. The van der Waals surface area contributed by atoms with Crippen LogP contribution in [0.2, 0.25) is 0 Å². The Morgan fingerprint density at radius 1 is 1.20 bits per heavy atom. The summed E-state index contributed by atoms with van der Waals surface area (Å²) in [6, 6.07) is 9.95. The predicted molar refractivity (Wildman–Crippen MR) is 98.9 cm³/mol. The number of aliphatic imine (C=N–C) groups is 1. The van der Waals surface area contributed by atoms with E-state index in [4.69, 9.17) is 13.9 Å². The van der Waals surface area contributed by atoms with Gasteiger partial charge in [-0.2, -0.15) is 0 Å². The number of nitrogens with one attached hydrogen (secondary N) is 2. The van der Waals surface area contributed by atoms with Crippen molar-refractivity contribution in [2.45, 2.75) is 26.9 Å². The third kappa shape index (κ3) is 6.51. The zero-order chi connectivity index (χ0) is 17.9. The Labute approximate surface area is 149 Å². The Bertz CT molecular complexity index is 654. The maximum absolute atomic E-state index is 5.82. The summed E-state index contributed by atoms with van der Waals surface area (Å²) in [5.41, 5.74) is 2.19. The molecule has 0 atom stereocenters. The Balaban J connectivity index is 2.02. The second-order valence-corrected chi connectivity index (χ2v) is 5.58. The molecule has 2 N–H and O–H groups in total. The third-order valence-electron chi connectivity index (χ3n) is 3.53. The first-order valence-electron chi connectivity index (χ1n) is 8.48. The number of hydrogen-bond acceptors (Lipinski definition) is 4. The highest BCUT2D eigenvalue weighted by Gasteiger charge is 2.06. The predicted octanol–water partition coefficient (Wildman–Crippen LogP) is 2.87. The summed E-state index contributed by atoms with van der Waals surface area (Å²) in [5.74, 6) is 2.45. The Morgan fingerprint density at radius 2 is 2.08 bits per heavy atom. The summed E-state index contributed by atoms with van der Waals surface area (Å²) in [7, 11) is 1.66. The van der Waals surface area contributed by atoms with Crippen LogP contribution in [0.1, 0.15) is 23.8 Å². The third-order valence-corrected chi connectivity index (χ3v) is 3.53. The van der Waals surface area contributed by atoms with E-state index in [9.17, 15) is 0 Å². The van der Waals surface area contributed by atoms with Gasteiger partial charge in [-0.3, -0.25) is 0 Å². The molecule has 0 unspecified atom stereocenters. The van der Waals surface area contributed by atoms with Crippen molar-refractivity contribution < 1.29 is 13.9 Å². The lowest BCUT2D eigenvalue weighted by atomic mass is 10.1. The van der Waals surface area contributed by atoms with Crippen molar-refractivity contribution in [3.05, 3.63) is 53.5 Å². The van der Waals surface area contributed by atoms with Gasteiger partial charge in [0, 0.05) is 19.2 Å². The van der Waals surface area contributed by atoms with Crippen LogP contribution in [0.4, 0.5) is 0 Å². The van der Waals surface area contributed by atoms with E-state index in [0.29, 0.717) is 26.3 Å². The zero-order valence-electron chi connectivity index (χ0n) is 15.2. The number of furan rings is 1. The van der Waals surface area contributed by atoms with Crippen molar-refractivity contribution in [2.24, 2.45) is 4.99 Å². The molecule has 0 saturated carbocycles. The van der Waals surface area contributed by atoms with Gasteiger partial charge in [-0.1, -0.05) is 12.1 Å². The highest BCUT2D eigenvalue weighted by atomic mass is 16.5. The molecule has 0 spiro atoms. The van der Waals surface area contributed by atoms with Gasteiger partial charge >= 0.3 is 0 Å². The van der Waals surface area contributed by atoms with Gasteiger partial charge in [0.25, 0.3) is 0 Å². The molecule has 2 aromatic rings. The van der Waals surface area contributed by atoms with Crippen LogP contribution in [0, 0.1) is 6.92 Å². The summed E-state index contributed by atoms with van der Waals surface area (Å²) in [6.07, 6.45) is 1.66. The lowest BCUT2D eigenvalue weighted by Gasteiger charge is -2.13. The van der Waals surface area contributed by atoms with Crippen LogP contribution in [0.5, 0.6) is 5.75 Å². The number of ether oxygens (including phenoxy) is 2. The molecule has 1 aromatic carbocycles. The minimum atomic E-state index is 0.521. The summed E-state index contributed by atoms with van der Waals surface area (Å²) < 4.78 is 16.2. The lowest BCUT2D eigenvalue weighted by molar-refractivity contribution is 0.145. The SMILES string of the molecule is CCNC(=NCc1ccc(C)cc1OCCOC)NCc1ccco1. The van der Waals surface area contributed by atoms with Gasteiger partial charge in [0.05, 0.1) is 26.0 Å². The van der Waals surface area contributed by atoms with Crippen LogP contribution in [0.15, 0.2) is 46.0 Å². The standard InChI is InChI=1S/C19H27N3O3/c1-4-20-19(22-14-17-6-5-9-24-17)21-13-16-8-7-15(2)12-18(16)25-11-10-23-3/h5-9,12H,4,10-11,13-14H2,1-3H3,(H2,20,21,22). The van der Waals surface area contributed by atoms with Gasteiger partial charge in [-0.25, -0.2) is 4.99 Å². The summed E-state index contributed by atoms with van der Waals surface area (Å²) in [5, 5.41) is 6.50. The molecule has 0 aliphatic rings. The van der Waals surface area contributed by atoms with Gasteiger partial charge in [-0.05, 0) is 37.6 Å². The minimum absolute atomic E-state index is 0.521. The maximum Gasteiger partial charge on any atom is 0.191 e. The first-order chi connectivity index (χ1) is 12.2. The molecule has 1 aromatic heterocycles. The van der Waals surface area contributed by atoms with E-state index in [-0.39, 0.29) is 0 Å². The first kappa shape index (κ1) is 18.9. The molecule has 0 radical (unpaired) electrons. The fourth-order valence-corrected chi connectivity index (χ4v) is 2.25. The molecule has 6 nitrogen and oxygen atoms in total. The average molecular weight is 345 g/mol. The second kappa shape index (κ2) is 10.4. The van der Waals surface area contributed by atoms with Crippen LogP contribution in [-0.2, 0) is 17.8 Å². The highest BCUT2D eigenvalue weighted by Crippen LogP contribution is 2.21. The molecule has 0 bridgehead atoms. The molecule has 6 heteroatoms. The monoisotopic (exact) mass is 345 g/mol. The van der Waals surface area contributed by atoms with Crippen molar-refractivity contribution in [3.8, 4) is 5.75 Å². The van der Waals surface area contributed by atoms with Crippen molar-refractivity contribution in [2.75, 3.05) is 26.9 Å². The number of aryl methyl sites for hydroxylation is 1. The molecule has 0 amide bonds. The fourth-order valence-electron chi connectivity index (χ4n) is 2.25. The van der Waals surface area contributed by atoms with Crippen LogP contribution < -0.4 is 15.4 Å². The Hall–Kier alpha value is -2.47. The van der Waals surface area contributed by atoms with Crippen molar-refractivity contribution in [1.29, 1.82) is 0 Å². The number of benzene rings is 1. The van der Waals surface area contributed by atoms with Crippen LogP contribution in [0.25, 0.3) is 0 Å². The molecule has 136 valence electrons. The second-order valence-electron chi connectivity index (χ2n) is 5.58. The smallest absolute Gasteiger partial charge is 0.191 e. The molecule has 2 rings (SSSR count). The van der Waals surface area contributed by atoms with Crippen molar-refractivity contribution in [1.82, 2.24) is 10.6 Å². The van der Waals surface area contributed by atoms with E-state index in [1.807, 2.05) is 32.0 Å². The molecular formula is C19H27N3O3. The van der Waals surface area contributed by atoms with Gasteiger partial charge < -0.3 is 24.5 Å². The lowest BCUT2D eigenvalue weighted by Crippen LogP contribution is -2.36. The van der Waals surface area contributed by atoms with Crippen LogP contribution in [-0.4, -0.2) is 32.8 Å². The molecule has 0 aliphatic carbocycles. The highest BCUT2D eigenvalue weighted by molar-refractivity contribution is 5.79. The molecule has 0 aliphatic heterocycles. The summed E-state index contributed by atoms with van der Waals surface area (Å²) in [4.78, 5) is 4.64. The van der Waals surface area contributed by atoms with Crippen molar-refractivity contribution in [3.63, 3.8) is 0 Å².